The molecule has 0 bridgehead atoms. The van der Waals surface area contributed by atoms with Crippen LogP contribution in [0, 0.1) is 0 Å². The summed E-state index contributed by atoms with van der Waals surface area (Å²) in [7, 11) is 0. The molecule has 1 fully saturated rings. The highest BCUT2D eigenvalue weighted by Gasteiger charge is 2.37. The Labute approximate surface area is 98.0 Å². The molecular weight excluding hydrogens is 253 g/mol. The minimum Gasteiger partial charge on any atom is -0.358 e. The molecule has 0 radical (unpaired) electrons. The van der Waals surface area contributed by atoms with Gasteiger partial charge in [-0.2, -0.15) is 0 Å². The van der Waals surface area contributed by atoms with Gasteiger partial charge >= 0.3 is 0 Å². The van der Waals surface area contributed by atoms with Crippen LogP contribution < -0.4 is 0 Å². The number of hydrogen-bond acceptors (Lipinski definition) is 3. The number of halogens is 3. The molecule has 0 aromatic carbocycles. The molecule has 0 aliphatic carbocycles. The lowest BCUT2D eigenvalue weighted by atomic mass is 10.1. The van der Waals surface area contributed by atoms with Crippen molar-refractivity contribution in [3.63, 3.8) is 0 Å². The van der Waals surface area contributed by atoms with Crippen molar-refractivity contribution < 1.29 is 4.74 Å². The molecule has 2 nitrogen and oxygen atoms in total. The summed E-state index contributed by atoms with van der Waals surface area (Å²) in [4.78, 5) is 0. The van der Waals surface area contributed by atoms with Crippen molar-refractivity contribution in [2.75, 3.05) is 13.3 Å². The van der Waals surface area contributed by atoms with Gasteiger partial charge in [-0.05, 0) is 25.3 Å². The van der Waals surface area contributed by atoms with Crippen molar-refractivity contribution in [2.45, 2.75) is 29.0 Å². The second kappa shape index (κ2) is 4.33. The highest BCUT2D eigenvalue weighted by atomic mass is 35.6. The van der Waals surface area contributed by atoms with E-state index in [0.717, 1.165) is 13.0 Å². The van der Waals surface area contributed by atoms with Gasteiger partial charge in [0.15, 0.2) is 0 Å². The van der Waals surface area contributed by atoms with E-state index in [-0.39, 0.29) is 5.60 Å². The molecule has 0 N–H and O–H groups in total. The highest BCUT2D eigenvalue weighted by Crippen LogP contribution is 2.43. The molecule has 1 rings (SSSR count). The molecule has 1 unspecified atom stereocenters. The van der Waals surface area contributed by atoms with Gasteiger partial charge < -0.3 is 4.74 Å². The second-order valence-corrected chi connectivity index (χ2v) is 7.52. The van der Waals surface area contributed by atoms with Gasteiger partial charge in [-0.3, -0.25) is 0 Å². The van der Waals surface area contributed by atoms with Crippen LogP contribution in [0.2, 0.25) is 0 Å². The number of rotatable bonds is 2. The molecule has 78 valence electrons. The van der Waals surface area contributed by atoms with E-state index in [2.05, 4.69) is 13.8 Å². The van der Waals surface area contributed by atoms with Crippen molar-refractivity contribution in [2.24, 2.45) is 0 Å². The van der Waals surface area contributed by atoms with Gasteiger partial charge in [0.1, 0.15) is 6.73 Å². The lowest BCUT2D eigenvalue weighted by Crippen LogP contribution is -2.28. The minimum atomic E-state index is -1.29. The van der Waals surface area contributed by atoms with Crippen LogP contribution in [0.3, 0.4) is 0 Å². The van der Waals surface area contributed by atoms with Gasteiger partial charge in [0.2, 0.25) is 0 Å². The first kappa shape index (κ1) is 12.2. The summed E-state index contributed by atoms with van der Waals surface area (Å²) in [5.41, 5.74) is -0.0943. The maximum atomic E-state index is 5.65. The molecule has 6 heteroatoms. The number of nitrogens with zero attached hydrogens (tertiary/aromatic N) is 1. The summed E-state index contributed by atoms with van der Waals surface area (Å²) in [6.45, 7) is 5.46. The average molecular weight is 265 g/mol. The smallest absolute Gasteiger partial charge is 0.251 e. The largest absolute Gasteiger partial charge is 0.358 e. The molecule has 1 heterocycles. The van der Waals surface area contributed by atoms with Crippen LogP contribution in [0.1, 0.15) is 20.3 Å². The van der Waals surface area contributed by atoms with Gasteiger partial charge in [-0.1, -0.05) is 41.7 Å². The standard InChI is InChI=1S/C7H12Cl3NOS/c1-3-6(2)4-11(5-12-6)13-7(8,9)10/h3-5H2,1-2H3. The lowest BCUT2D eigenvalue weighted by molar-refractivity contribution is 0.0207. The van der Waals surface area contributed by atoms with Crippen molar-refractivity contribution >= 4 is 46.8 Å². The SMILES string of the molecule is CCC1(C)CN(SC(Cl)(Cl)Cl)CO1. The summed E-state index contributed by atoms with van der Waals surface area (Å²) < 4.78 is 6.22. The van der Waals surface area contributed by atoms with Crippen LogP contribution >= 0.6 is 46.8 Å². The Kier molecular flexibility index (Phi) is 4.07. The normalized spacial score (nSPS) is 31.2. The number of alkyl halides is 3. The lowest BCUT2D eigenvalue weighted by Gasteiger charge is -2.21. The maximum Gasteiger partial charge on any atom is 0.251 e. The third-order valence-electron chi connectivity index (χ3n) is 2.05. The van der Waals surface area contributed by atoms with Gasteiger partial charge in [0, 0.05) is 6.54 Å². The van der Waals surface area contributed by atoms with Crippen molar-refractivity contribution in [1.29, 1.82) is 0 Å². The molecule has 1 aliphatic rings. The maximum absolute atomic E-state index is 5.65. The average Bonchev–Trinajstić information content (AvgIpc) is 2.30. The van der Waals surface area contributed by atoms with E-state index in [1.807, 2.05) is 4.31 Å². The van der Waals surface area contributed by atoms with Crippen molar-refractivity contribution in [1.82, 2.24) is 4.31 Å². The van der Waals surface area contributed by atoms with Gasteiger partial charge in [0.25, 0.3) is 3.12 Å². The fourth-order valence-electron chi connectivity index (χ4n) is 1.11. The second-order valence-electron chi connectivity index (χ2n) is 3.25. The molecule has 0 aromatic rings. The number of ether oxygens (including phenoxy) is 1. The summed E-state index contributed by atoms with van der Waals surface area (Å²) in [6, 6.07) is 0. The Morgan fingerprint density at radius 3 is 2.54 bits per heavy atom. The monoisotopic (exact) mass is 263 g/mol. The highest BCUT2D eigenvalue weighted by molar-refractivity contribution is 8.02. The summed E-state index contributed by atoms with van der Waals surface area (Å²) in [5.74, 6) is 0. The molecule has 0 saturated carbocycles. The Morgan fingerprint density at radius 2 is 2.15 bits per heavy atom. The van der Waals surface area contributed by atoms with Crippen LogP contribution in [0.4, 0.5) is 0 Å². The van der Waals surface area contributed by atoms with E-state index >= 15 is 0 Å². The van der Waals surface area contributed by atoms with E-state index in [1.54, 1.807) is 0 Å². The number of hydrogen-bond donors (Lipinski definition) is 0. The minimum absolute atomic E-state index is 0.0943. The fourth-order valence-corrected chi connectivity index (χ4v) is 2.73. The van der Waals surface area contributed by atoms with E-state index in [1.165, 1.54) is 11.9 Å². The van der Waals surface area contributed by atoms with Crippen molar-refractivity contribution in [3.05, 3.63) is 0 Å². The Balaban J connectivity index is 2.42. The van der Waals surface area contributed by atoms with E-state index in [9.17, 15) is 0 Å². The fraction of sp³-hybridized carbons (Fsp3) is 1.00. The molecule has 0 aromatic heterocycles. The molecule has 0 amide bonds. The zero-order chi connectivity index (χ0) is 10.1. The van der Waals surface area contributed by atoms with Gasteiger partial charge in [-0.15, -0.1) is 0 Å². The molecule has 13 heavy (non-hydrogen) atoms. The third kappa shape index (κ3) is 4.02. The van der Waals surface area contributed by atoms with Crippen LogP contribution in [0.15, 0.2) is 0 Å². The van der Waals surface area contributed by atoms with Gasteiger partial charge in [-0.25, -0.2) is 4.31 Å². The summed E-state index contributed by atoms with van der Waals surface area (Å²) in [5, 5.41) is 0. The zero-order valence-corrected chi connectivity index (χ0v) is 10.6. The Bertz CT molecular complexity index is 187. The zero-order valence-electron chi connectivity index (χ0n) is 7.52. The first-order valence-corrected chi connectivity index (χ1v) is 5.90. The van der Waals surface area contributed by atoms with Crippen LogP contribution in [-0.4, -0.2) is 26.3 Å². The van der Waals surface area contributed by atoms with E-state index in [0.29, 0.717) is 6.73 Å². The Morgan fingerprint density at radius 1 is 1.54 bits per heavy atom. The van der Waals surface area contributed by atoms with Crippen LogP contribution in [0.5, 0.6) is 0 Å². The predicted molar refractivity (Wildman–Crippen MR) is 59.2 cm³/mol. The molecular formula is C7H12Cl3NOS. The topological polar surface area (TPSA) is 12.5 Å². The first-order valence-electron chi connectivity index (χ1n) is 3.99. The molecule has 0 spiro atoms. The van der Waals surface area contributed by atoms with Crippen LogP contribution in [-0.2, 0) is 4.74 Å². The Hall–Kier alpha value is 1.14. The molecule has 1 atom stereocenters. The van der Waals surface area contributed by atoms with Crippen molar-refractivity contribution in [3.8, 4) is 0 Å². The molecule has 1 aliphatic heterocycles. The predicted octanol–water partition coefficient (Wildman–Crippen LogP) is 3.42. The quantitative estimate of drug-likeness (QED) is 0.560. The first-order chi connectivity index (χ1) is 5.85. The van der Waals surface area contributed by atoms with Gasteiger partial charge in [0.05, 0.1) is 5.60 Å². The summed E-state index contributed by atoms with van der Waals surface area (Å²) in [6.07, 6.45) is 0.962. The summed E-state index contributed by atoms with van der Waals surface area (Å²) >= 11 is 18.1. The van der Waals surface area contributed by atoms with Crippen LogP contribution in [0.25, 0.3) is 0 Å². The van der Waals surface area contributed by atoms with E-state index < -0.39 is 3.12 Å². The third-order valence-corrected chi connectivity index (χ3v) is 3.37. The van der Waals surface area contributed by atoms with E-state index in [4.69, 9.17) is 39.5 Å². The molecule has 1 saturated heterocycles.